The third-order valence-electron chi connectivity index (χ3n) is 2.95. The molecule has 0 unspecified atom stereocenters. The molecule has 6 nitrogen and oxygen atoms in total. The average Bonchev–Trinajstić information content (AvgIpc) is 2.29. The van der Waals surface area contributed by atoms with Crippen LogP contribution in [0.4, 0.5) is 0 Å². The first-order valence-electron chi connectivity index (χ1n) is 6.35. The van der Waals surface area contributed by atoms with Gasteiger partial charge < -0.3 is 20.7 Å². The van der Waals surface area contributed by atoms with Crippen molar-refractivity contribution < 1.29 is 19.3 Å². The number of ketones is 1. The van der Waals surface area contributed by atoms with Gasteiger partial charge in [0.25, 0.3) is 0 Å². The molecule has 0 bridgehead atoms. The smallest absolute Gasteiger partial charge is 0.426 e. The minimum Gasteiger partial charge on any atom is -0.426 e. The number of hydrogen-bond acceptors (Lipinski definition) is 5. The van der Waals surface area contributed by atoms with Crippen LogP contribution in [0.1, 0.15) is 39.0 Å². The highest BCUT2D eigenvalue weighted by Crippen LogP contribution is 2.18. The van der Waals surface area contributed by atoms with Gasteiger partial charge in [-0.05, 0) is 32.7 Å². The molecule has 2 atom stereocenters. The van der Waals surface area contributed by atoms with Crippen LogP contribution >= 0.6 is 0 Å². The van der Waals surface area contributed by atoms with Gasteiger partial charge in [-0.15, -0.1) is 0 Å². The van der Waals surface area contributed by atoms with Crippen LogP contribution in [-0.2, 0) is 14.2 Å². The van der Waals surface area contributed by atoms with Gasteiger partial charge in [-0.25, -0.2) is 0 Å². The van der Waals surface area contributed by atoms with Gasteiger partial charge in [-0.3, -0.25) is 9.59 Å². The number of carbonyl (C=O) groups is 2. The van der Waals surface area contributed by atoms with Crippen molar-refractivity contribution in [2.75, 3.05) is 6.54 Å². The summed E-state index contributed by atoms with van der Waals surface area (Å²) in [5.41, 5.74) is 5.32. The van der Waals surface area contributed by atoms with Gasteiger partial charge >= 0.3 is 7.12 Å². The number of Topliss-reactive ketones (excluding diaryl/α,β-unsaturated/α-hetero) is 1. The fraction of sp³-hybridized carbons (Fsp3) is 0.818. The molecule has 1 saturated heterocycles. The zero-order valence-electron chi connectivity index (χ0n) is 10.7. The van der Waals surface area contributed by atoms with Crippen LogP contribution in [-0.4, -0.2) is 42.4 Å². The molecule has 0 radical (unpaired) electrons. The highest BCUT2D eigenvalue weighted by molar-refractivity contribution is 6.45. The van der Waals surface area contributed by atoms with Crippen LogP contribution in [0.15, 0.2) is 0 Å². The Morgan fingerprint density at radius 3 is 2.78 bits per heavy atom. The third-order valence-corrected chi connectivity index (χ3v) is 2.95. The van der Waals surface area contributed by atoms with Crippen molar-refractivity contribution in [1.29, 1.82) is 0 Å². The summed E-state index contributed by atoms with van der Waals surface area (Å²) >= 11 is 0. The summed E-state index contributed by atoms with van der Waals surface area (Å²) < 4.78 is 5.31. The molecule has 0 saturated carbocycles. The van der Waals surface area contributed by atoms with Crippen LogP contribution in [0.3, 0.4) is 0 Å². The zero-order valence-corrected chi connectivity index (χ0v) is 10.7. The Morgan fingerprint density at radius 2 is 2.22 bits per heavy atom. The van der Waals surface area contributed by atoms with Crippen molar-refractivity contribution in [3.05, 3.63) is 0 Å². The van der Waals surface area contributed by atoms with Crippen molar-refractivity contribution in [3.8, 4) is 0 Å². The Labute approximate surface area is 107 Å². The lowest BCUT2D eigenvalue weighted by molar-refractivity contribution is -0.122. The number of carbonyl (C=O) groups excluding carboxylic acids is 2. The van der Waals surface area contributed by atoms with Gasteiger partial charge in [-0.2, -0.15) is 0 Å². The second-order valence-corrected chi connectivity index (χ2v) is 4.70. The topological polar surface area (TPSA) is 102 Å². The molecule has 0 spiro atoms. The third kappa shape index (κ3) is 5.16. The maximum atomic E-state index is 11.5. The van der Waals surface area contributed by atoms with Crippen molar-refractivity contribution in [1.82, 2.24) is 5.32 Å². The van der Waals surface area contributed by atoms with E-state index in [1.165, 1.54) is 6.92 Å². The standard InChI is InChI=1S/C11H21BN2O4/c1-8(15)7-9-4-5-10(12(17)18-9)14-11(16)3-2-6-13/h9-10,17H,2-7,13H2,1H3,(H,14,16)/t9-,10-/m0/s1. The summed E-state index contributed by atoms with van der Waals surface area (Å²) in [4.78, 5) is 22.4. The van der Waals surface area contributed by atoms with E-state index >= 15 is 0 Å². The summed E-state index contributed by atoms with van der Waals surface area (Å²) in [5, 5.41) is 12.5. The van der Waals surface area contributed by atoms with Crippen molar-refractivity contribution in [3.63, 3.8) is 0 Å². The lowest BCUT2D eigenvalue weighted by atomic mass is 9.72. The van der Waals surface area contributed by atoms with Gasteiger partial charge in [-0.1, -0.05) is 0 Å². The number of rotatable bonds is 6. The molecule has 1 fully saturated rings. The highest BCUT2D eigenvalue weighted by Gasteiger charge is 2.36. The van der Waals surface area contributed by atoms with Gasteiger partial charge in [0.1, 0.15) is 5.78 Å². The van der Waals surface area contributed by atoms with E-state index in [1.807, 2.05) is 0 Å². The van der Waals surface area contributed by atoms with E-state index in [-0.39, 0.29) is 17.8 Å². The first kappa shape index (κ1) is 15.1. The second kappa shape index (κ2) is 7.50. The van der Waals surface area contributed by atoms with Crippen molar-refractivity contribution >= 4 is 18.8 Å². The molecular formula is C11H21BN2O4. The maximum Gasteiger partial charge on any atom is 0.478 e. The molecule has 18 heavy (non-hydrogen) atoms. The Balaban J connectivity index is 2.33. The molecule has 4 N–H and O–H groups in total. The van der Waals surface area contributed by atoms with Crippen LogP contribution in [0.25, 0.3) is 0 Å². The molecule has 0 aromatic heterocycles. The molecule has 1 amide bonds. The molecule has 1 aliphatic rings. The van der Waals surface area contributed by atoms with Crippen LogP contribution in [0.5, 0.6) is 0 Å². The Bertz CT molecular complexity index is 301. The fourth-order valence-electron chi connectivity index (χ4n) is 2.02. The summed E-state index contributed by atoms with van der Waals surface area (Å²) in [6.45, 7) is 1.97. The number of nitrogens with two attached hydrogens (primary N) is 1. The Hall–Kier alpha value is -0.915. The van der Waals surface area contributed by atoms with E-state index in [9.17, 15) is 14.6 Å². The average molecular weight is 256 g/mol. The minimum absolute atomic E-state index is 0.0395. The Morgan fingerprint density at radius 1 is 1.50 bits per heavy atom. The molecule has 0 aliphatic carbocycles. The van der Waals surface area contributed by atoms with Gasteiger partial charge in [0.05, 0.1) is 5.94 Å². The van der Waals surface area contributed by atoms with Crippen molar-refractivity contribution in [2.24, 2.45) is 5.73 Å². The van der Waals surface area contributed by atoms with E-state index in [0.717, 1.165) is 0 Å². The van der Waals surface area contributed by atoms with Gasteiger partial charge in [0.15, 0.2) is 0 Å². The molecule has 0 aromatic rings. The molecule has 1 aliphatic heterocycles. The molecule has 7 heteroatoms. The summed E-state index contributed by atoms with van der Waals surface area (Å²) in [6.07, 6.45) is 2.34. The van der Waals surface area contributed by atoms with E-state index in [4.69, 9.17) is 10.4 Å². The summed E-state index contributed by atoms with van der Waals surface area (Å²) in [6, 6.07) is 0. The minimum atomic E-state index is -1.04. The molecular weight excluding hydrogens is 235 g/mol. The first-order chi connectivity index (χ1) is 8.52. The molecule has 0 aromatic carbocycles. The van der Waals surface area contributed by atoms with Gasteiger partial charge in [0.2, 0.25) is 5.91 Å². The van der Waals surface area contributed by atoms with E-state index in [0.29, 0.717) is 38.6 Å². The number of amides is 1. The Kier molecular flexibility index (Phi) is 6.31. The monoisotopic (exact) mass is 256 g/mol. The van der Waals surface area contributed by atoms with E-state index in [2.05, 4.69) is 5.32 Å². The van der Waals surface area contributed by atoms with E-state index < -0.39 is 13.1 Å². The van der Waals surface area contributed by atoms with E-state index in [1.54, 1.807) is 0 Å². The van der Waals surface area contributed by atoms with Crippen LogP contribution in [0.2, 0.25) is 0 Å². The lowest BCUT2D eigenvalue weighted by Crippen LogP contribution is -2.52. The second-order valence-electron chi connectivity index (χ2n) is 4.70. The molecule has 102 valence electrons. The van der Waals surface area contributed by atoms with Gasteiger partial charge in [0, 0.05) is 18.9 Å². The molecule has 1 rings (SSSR count). The first-order valence-corrected chi connectivity index (χ1v) is 6.35. The highest BCUT2D eigenvalue weighted by atomic mass is 16.5. The summed E-state index contributed by atoms with van der Waals surface area (Å²) in [5.74, 6) is -0.478. The largest absolute Gasteiger partial charge is 0.478 e. The number of hydrogen-bond donors (Lipinski definition) is 3. The zero-order chi connectivity index (χ0) is 13.5. The number of nitrogens with one attached hydrogen (secondary N) is 1. The fourth-order valence-corrected chi connectivity index (χ4v) is 2.02. The van der Waals surface area contributed by atoms with Crippen molar-refractivity contribution in [2.45, 2.75) is 51.1 Å². The lowest BCUT2D eigenvalue weighted by Gasteiger charge is -2.31. The maximum absolute atomic E-state index is 11.5. The SMILES string of the molecule is CC(=O)C[C@@H]1CC[C@H](NC(=O)CCCN)B(O)O1. The van der Waals surface area contributed by atoms with Crippen LogP contribution < -0.4 is 11.1 Å². The van der Waals surface area contributed by atoms with Crippen LogP contribution in [0, 0.1) is 0 Å². The molecule has 1 heterocycles. The normalized spacial score (nSPS) is 23.8. The predicted molar refractivity (Wildman–Crippen MR) is 67.6 cm³/mol. The quantitative estimate of drug-likeness (QED) is 0.550. The summed E-state index contributed by atoms with van der Waals surface area (Å²) in [7, 11) is -1.04. The predicted octanol–water partition coefficient (Wildman–Crippen LogP) is -0.612.